The zero-order valence-corrected chi connectivity index (χ0v) is 13.3. The summed E-state index contributed by atoms with van der Waals surface area (Å²) in [6.07, 6.45) is 0. The number of hydrogen-bond donors (Lipinski definition) is 1. The number of rotatable bonds is 3. The second kappa shape index (κ2) is 5.50. The summed E-state index contributed by atoms with van der Waals surface area (Å²) in [6.45, 7) is 5.36. The lowest BCUT2D eigenvalue weighted by Gasteiger charge is -1.98. The van der Waals surface area contributed by atoms with Crippen molar-refractivity contribution in [3.63, 3.8) is 0 Å². The van der Waals surface area contributed by atoms with Gasteiger partial charge in [-0.1, -0.05) is 12.1 Å². The maximum absolute atomic E-state index is 13.3. The predicted molar refractivity (Wildman–Crippen MR) is 86.8 cm³/mol. The van der Waals surface area contributed by atoms with Gasteiger partial charge in [-0.25, -0.2) is 9.37 Å². The van der Waals surface area contributed by atoms with Gasteiger partial charge in [-0.3, -0.25) is 4.79 Å². The van der Waals surface area contributed by atoms with Crippen molar-refractivity contribution in [3.05, 3.63) is 52.3 Å². The average Bonchev–Trinajstić information content (AvgIpc) is 3.03. The zero-order valence-electron chi connectivity index (χ0n) is 12.5. The Labute approximate surface area is 131 Å². The third-order valence-corrected chi connectivity index (χ3v) is 4.51. The SMILES string of the molecule is CC(=O)c1c(C)[nH]c(-c2csc(-c3cccc(F)c3)n2)c1C. The average molecular weight is 314 g/mol. The standard InChI is InChI=1S/C17H15FN2OS/c1-9-15(11(3)21)10(2)19-16(9)14-8-22-17(20-14)12-5-4-6-13(18)7-12/h4-8,19H,1-3H3. The van der Waals surface area contributed by atoms with Crippen LogP contribution in [0.3, 0.4) is 0 Å². The van der Waals surface area contributed by atoms with Gasteiger partial charge in [0, 0.05) is 22.2 Å². The van der Waals surface area contributed by atoms with Crippen molar-refractivity contribution >= 4 is 17.1 Å². The Kier molecular flexibility index (Phi) is 3.66. The maximum Gasteiger partial charge on any atom is 0.161 e. The number of thiazole rings is 1. The van der Waals surface area contributed by atoms with E-state index in [1.54, 1.807) is 13.0 Å². The monoisotopic (exact) mass is 314 g/mol. The van der Waals surface area contributed by atoms with Crippen molar-refractivity contribution in [3.8, 4) is 22.0 Å². The summed E-state index contributed by atoms with van der Waals surface area (Å²) >= 11 is 1.46. The lowest BCUT2D eigenvalue weighted by atomic mass is 10.1. The lowest BCUT2D eigenvalue weighted by Crippen LogP contribution is -1.94. The molecule has 1 N–H and O–H groups in total. The molecule has 0 aliphatic heterocycles. The number of aromatic nitrogens is 2. The molecular formula is C17H15FN2OS. The first kappa shape index (κ1) is 14.7. The van der Waals surface area contributed by atoms with Crippen LogP contribution < -0.4 is 0 Å². The van der Waals surface area contributed by atoms with Gasteiger partial charge < -0.3 is 4.98 Å². The van der Waals surface area contributed by atoms with E-state index in [0.717, 1.165) is 38.8 Å². The topological polar surface area (TPSA) is 45.8 Å². The first-order valence-corrected chi connectivity index (χ1v) is 7.77. The zero-order chi connectivity index (χ0) is 15.9. The van der Waals surface area contributed by atoms with Crippen LogP contribution in [0.15, 0.2) is 29.6 Å². The van der Waals surface area contributed by atoms with Crippen LogP contribution in [-0.2, 0) is 0 Å². The number of H-pyrrole nitrogens is 1. The number of aromatic amines is 1. The lowest BCUT2D eigenvalue weighted by molar-refractivity contribution is 0.101. The minimum atomic E-state index is -0.278. The molecule has 0 bridgehead atoms. The summed E-state index contributed by atoms with van der Waals surface area (Å²) in [5.41, 5.74) is 4.85. The van der Waals surface area contributed by atoms with Gasteiger partial charge in [0.1, 0.15) is 10.8 Å². The predicted octanol–water partition coefficient (Wildman–Crippen LogP) is 4.76. The Balaban J connectivity index is 2.05. The molecule has 3 nitrogen and oxygen atoms in total. The van der Waals surface area contributed by atoms with Crippen molar-refractivity contribution in [1.29, 1.82) is 0 Å². The number of carbonyl (C=O) groups is 1. The fourth-order valence-corrected chi connectivity index (χ4v) is 3.48. The van der Waals surface area contributed by atoms with E-state index in [4.69, 9.17) is 0 Å². The first-order valence-electron chi connectivity index (χ1n) is 6.89. The molecular weight excluding hydrogens is 299 g/mol. The number of ketones is 1. The molecule has 1 aromatic carbocycles. The summed E-state index contributed by atoms with van der Waals surface area (Å²) in [4.78, 5) is 19.5. The second-order valence-corrected chi connectivity index (χ2v) is 6.09. The number of Topliss-reactive ketones (excluding diaryl/α,β-unsaturated/α-hetero) is 1. The van der Waals surface area contributed by atoms with Crippen LogP contribution in [0.2, 0.25) is 0 Å². The van der Waals surface area contributed by atoms with E-state index in [0.29, 0.717) is 0 Å². The van der Waals surface area contributed by atoms with Gasteiger partial charge in [0.25, 0.3) is 0 Å². The quantitative estimate of drug-likeness (QED) is 0.708. The molecule has 112 valence electrons. The number of halogens is 1. The normalized spacial score (nSPS) is 10.9. The highest BCUT2D eigenvalue weighted by atomic mass is 32.1. The van der Waals surface area contributed by atoms with E-state index >= 15 is 0 Å². The molecule has 0 unspecified atom stereocenters. The van der Waals surface area contributed by atoms with E-state index in [1.807, 2.05) is 25.3 Å². The van der Waals surface area contributed by atoms with Gasteiger partial charge >= 0.3 is 0 Å². The summed E-state index contributed by atoms with van der Waals surface area (Å²) in [5, 5.41) is 2.67. The third-order valence-electron chi connectivity index (χ3n) is 3.62. The molecule has 2 heterocycles. The van der Waals surface area contributed by atoms with E-state index in [2.05, 4.69) is 9.97 Å². The Morgan fingerprint density at radius 1 is 1.32 bits per heavy atom. The number of carbonyl (C=O) groups excluding carboxylic acids is 1. The molecule has 0 fully saturated rings. The highest BCUT2D eigenvalue weighted by Crippen LogP contribution is 2.32. The van der Waals surface area contributed by atoms with Crippen LogP contribution in [-0.4, -0.2) is 15.8 Å². The maximum atomic E-state index is 13.3. The highest BCUT2D eigenvalue weighted by molar-refractivity contribution is 7.13. The van der Waals surface area contributed by atoms with Crippen LogP contribution in [0.4, 0.5) is 4.39 Å². The van der Waals surface area contributed by atoms with Gasteiger partial charge in [0.2, 0.25) is 0 Å². The summed E-state index contributed by atoms with van der Waals surface area (Å²) in [5.74, 6) is -0.238. The van der Waals surface area contributed by atoms with Crippen molar-refractivity contribution in [2.75, 3.05) is 0 Å². The van der Waals surface area contributed by atoms with E-state index in [-0.39, 0.29) is 11.6 Å². The van der Waals surface area contributed by atoms with Crippen molar-refractivity contribution in [2.24, 2.45) is 0 Å². The van der Waals surface area contributed by atoms with E-state index in [9.17, 15) is 9.18 Å². The minimum absolute atomic E-state index is 0.0399. The third kappa shape index (κ3) is 2.48. The molecule has 0 aliphatic carbocycles. The molecule has 3 rings (SSSR count). The highest BCUT2D eigenvalue weighted by Gasteiger charge is 2.18. The Bertz CT molecular complexity index is 863. The van der Waals surface area contributed by atoms with Crippen LogP contribution in [0.25, 0.3) is 22.0 Å². The first-order chi connectivity index (χ1) is 10.5. The van der Waals surface area contributed by atoms with E-state index < -0.39 is 0 Å². The van der Waals surface area contributed by atoms with Gasteiger partial charge in [-0.2, -0.15) is 0 Å². The molecule has 22 heavy (non-hydrogen) atoms. The number of nitrogens with zero attached hydrogens (tertiary/aromatic N) is 1. The van der Waals surface area contributed by atoms with Crippen LogP contribution in [0.1, 0.15) is 28.5 Å². The van der Waals surface area contributed by atoms with Gasteiger partial charge in [-0.05, 0) is 38.5 Å². The van der Waals surface area contributed by atoms with Crippen LogP contribution in [0.5, 0.6) is 0 Å². The molecule has 0 saturated carbocycles. The summed E-state index contributed by atoms with van der Waals surface area (Å²) in [6, 6.07) is 6.38. The number of aryl methyl sites for hydroxylation is 1. The second-order valence-electron chi connectivity index (χ2n) is 5.23. The molecule has 2 aromatic heterocycles. The largest absolute Gasteiger partial charge is 0.356 e. The van der Waals surface area contributed by atoms with Crippen molar-refractivity contribution < 1.29 is 9.18 Å². The Morgan fingerprint density at radius 2 is 2.09 bits per heavy atom. The Hall–Kier alpha value is -2.27. The molecule has 0 saturated heterocycles. The molecule has 0 spiro atoms. The summed E-state index contributed by atoms with van der Waals surface area (Å²) in [7, 11) is 0. The smallest absolute Gasteiger partial charge is 0.161 e. The molecule has 0 atom stereocenters. The van der Waals surface area contributed by atoms with Gasteiger partial charge in [0.05, 0.1) is 11.4 Å². The molecule has 5 heteroatoms. The van der Waals surface area contributed by atoms with E-state index in [1.165, 1.54) is 23.5 Å². The number of benzene rings is 1. The van der Waals surface area contributed by atoms with Crippen LogP contribution >= 0.6 is 11.3 Å². The Morgan fingerprint density at radius 3 is 2.73 bits per heavy atom. The molecule has 0 aliphatic rings. The van der Waals surface area contributed by atoms with Crippen molar-refractivity contribution in [2.45, 2.75) is 20.8 Å². The molecule has 0 amide bonds. The minimum Gasteiger partial charge on any atom is -0.356 e. The molecule has 0 radical (unpaired) electrons. The number of nitrogens with one attached hydrogen (secondary N) is 1. The van der Waals surface area contributed by atoms with Gasteiger partial charge in [-0.15, -0.1) is 11.3 Å². The summed E-state index contributed by atoms with van der Waals surface area (Å²) < 4.78 is 13.3. The fraction of sp³-hybridized carbons (Fsp3) is 0.176. The van der Waals surface area contributed by atoms with Gasteiger partial charge in [0.15, 0.2) is 5.78 Å². The van der Waals surface area contributed by atoms with Crippen molar-refractivity contribution in [1.82, 2.24) is 9.97 Å². The molecule has 3 aromatic rings. The fourth-order valence-electron chi connectivity index (χ4n) is 2.68. The van der Waals surface area contributed by atoms with Crippen LogP contribution in [0, 0.1) is 19.7 Å². The number of hydrogen-bond acceptors (Lipinski definition) is 3.